The Morgan fingerprint density at radius 3 is 2.74 bits per heavy atom. The van der Waals surface area contributed by atoms with E-state index in [9.17, 15) is 10.4 Å². The molecule has 1 aromatic carbocycles. The summed E-state index contributed by atoms with van der Waals surface area (Å²) in [6, 6.07) is 15.2. The molecule has 0 spiro atoms. The number of nitrogens with zero attached hydrogens (tertiary/aromatic N) is 6. The third kappa shape index (κ3) is 4.58. The van der Waals surface area contributed by atoms with Gasteiger partial charge in [0.1, 0.15) is 16.7 Å². The lowest BCUT2D eigenvalue weighted by atomic mass is 9.97. The summed E-state index contributed by atoms with van der Waals surface area (Å²) in [5.74, 6) is 0.809. The Morgan fingerprint density at radius 1 is 1.17 bits per heavy atom. The van der Waals surface area contributed by atoms with Crippen molar-refractivity contribution >= 4 is 23.1 Å². The van der Waals surface area contributed by atoms with Crippen LogP contribution in [0.25, 0.3) is 28.0 Å². The molecule has 0 bridgehead atoms. The number of hydrogen-bond acceptors (Lipinski definition) is 7. The first-order valence-electron chi connectivity index (χ1n) is 11.5. The zero-order chi connectivity index (χ0) is 24.7. The van der Waals surface area contributed by atoms with E-state index in [1.165, 1.54) is 0 Å². The number of rotatable bonds is 4. The maximum Gasteiger partial charge on any atom is 0.165 e. The van der Waals surface area contributed by atoms with Crippen LogP contribution in [0.15, 0.2) is 48.7 Å². The van der Waals surface area contributed by atoms with Gasteiger partial charge in [0.05, 0.1) is 28.8 Å². The summed E-state index contributed by atoms with van der Waals surface area (Å²) in [5, 5.41) is 28.6. The van der Waals surface area contributed by atoms with E-state index in [0.29, 0.717) is 28.6 Å². The second-order valence-electron chi connectivity index (χ2n) is 9.40. The van der Waals surface area contributed by atoms with Crippen molar-refractivity contribution in [1.29, 1.82) is 5.26 Å². The van der Waals surface area contributed by atoms with Gasteiger partial charge in [0.25, 0.3) is 0 Å². The number of pyridine rings is 1. The van der Waals surface area contributed by atoms with E-state index in [-0.39, 0.29) is 6.04 Å². The summed E-state index contributed by atoms with van der Waals surface area (Å²) in [6.07, 6.45) is 1.90. The molecule has 0 aliphatic carbocycles. The highest BCUT2D eigenvalue weighted by atomic mass is 35.5. The molecule has 1 atom stereocenters. The van der Waals surface area contributed by atoms with Crippen LogP contribution < -0.4 is 10.2 Å². The normalized spacial score (nSPS) is 16.5. The highest BCUT2D eigenvalue weighted by molar-refractivity contribution is 6.29. The van der Waals surface area contributed by atoms with Crippen LogP contribution in [0.5, 0.6) is 0 Å². The molecule has 0 amide bonds. The lowest BCUT2D eigenvalue weighted by Gasteiger charge is -2.40. The number of aromatic nitrogens is 4. The topological polar surface area (TPSA) is 102 Å². The van der Waals surface area contributed by atoms with Gasteiger partial charge in [-0.1, -0.05) is 23.7 Å². The number of aliphatic hydroxyl groups is 1. The fourth-order valence-electron chi connectivity index (χ4n) is 4.50. The minimum absolute atomic E-state index is 0.0791. The second-order valence-corrected chi connectivity index (χ2v) is 9.78. The van der Waals surface area contributed by atoms with Gasteiger partial charge in [-0.15, -0.1) is 0 Å². The highest BCUT2D eigenvalue weighted by Gasteiger charge is 2.32. The average Bonchev–Trinajstić information content (AvgIpc) is 3.22. The van der Waals surface area contributed by atoms with Gasteiger partial charge >= 0.3 is 0 Å². The smallest absolute Gasteiger partial charge is 0.165 e. The van der Waals surface area contributed by atoms with Gasteiger partial charge in [-0.2, -0.15) is 10.4 Å². The Labute approximate surface area is 208 Å². The molecule has 2 N–H and O–H groups in total. The van der Waals surface area contributed by atoms with Crippen LogP contribution in [0.4, 0.5) is 5.82 Å². The van der Waals surface area contributed by atoms with E-state index < -0.39 is 5.60 Å². The van der Waals surface area contributed by atoms with Crippen molar-refractivity contribution in [3.05, 3.63) is 65.1 Å². The number of benzene rings is 1. The molecule has 4 aromatic rings. The van der Waals surface area contributed by atoms with Gasteiger partial charge < -0.3 is 15.3 Å². The fourth-order valence-corrected chi connectivity index (χ4v) is 4.75. The minimum atomic E-state index is -0.852. The Kier molecular flexibility index (Phi) is 5.93. The van der Waals surface area contributed by atoms with Gasteiger partial charge in [-0.05, 0) is 56.7 Å². The largest absolute Gasteiger partial charge is 0.389 e. The molecule has 1 saturated heterocycles. The van der Waals surface area contributed by atoms with Crippen molar-refractivity contribution in [3.8, 4) is 28.5 Å². The van der Waals surface area contributed by atoms with E-state index >= 15 is 0 Å². The predicted molar refractivity (Wildman–Crippen MR) is 136 cm³/mol. The molecule has 1 aliphatic heterocycles. The summed E-state index contributed by atoms with van der Waals surface area (Å²) in [4.78, 5) is 11.5. The maximum absolute atomic E-state index is 10.5. The predicted octanol–water partition coefficient (Wildman–Crippen LogP) is 3.84. The zero-order valence-corrected chi connectivity index (χ0v) is 20.6. The molecule has 1 fully saturated rings. The number of halogens is 1. The Balaban J connectivity index is 1.69. The maximum atomic E-state index is 10.5. The first-order chi connectivity index (χ1) is 16.7. The molecular weight excluding hydrogens is 462 g/mol. The van der Waals surface area contributed by atoms with Crippen LogP contribution in [-0.2, 0) is 0 Å². The summed E-state index contributed by atoms with van der Waals surface area (Å²) < 4.78 is 1.76. The van der Waals surface area contributed by atoms with E-state index in [2.05, 4.69) is 21.3 Å². The van der Waals surface area contributed by atoms with Gasteiger partial charge in [-0.3, -0.25) is 0 Å². The van der Waals surface area contributed by atoms with Crippen LogP contribution in [0, 0.1) is 18.3 Å². The molecule has 4 heterocycles. The van der Waals surface area contributed by atoms with Gasteiger partial charge in [0.15, 0.2) is 5.65 Å². The third-order valence-corrected chi connectivity index (χ3v) is 6.49. The third-order valence-electron chi connectivity index (χ3n) is 6.30. The monoisotopic (exact) mass is 487 g/mol. The lowest BCUT2D eigenvalue weighted by molar-refractivity contribution is 0.0363. The van der Waals surface area contributed by atoms with Crippen molar-refractivity contribution < 1.29 is 5.11 Å². The molecule has 8 nitrogen and oxygen atoms in total. The molecule has 178 valence electrons. The molecule has 3 aromatic heterocycles. The standard InChI is InChI=1S/C26H26ClN7O/c1-16-11-19(13-21(27)30-16)23-24(18-6-4-5-17(12-18)14-28)32-34-9-7-22(31-25(23)34)33-10-8-29-20(15-33)26(2,3)35/h4-7,9,11-13,20,29,35H,8,10,15H2,1-3H3/t20-/m0/s1. The quantitative estimate of drug-likeness (QED) is 0.421. The van der Waals surface area contributed by atoms with Crippen molar-refractivity contribution in [2.75, 3.05) is 24.5 Å². The van der Waals surface area contributed by atoms with E-state index in [4.69, 9.17) is 21.7 Å². The molecule has 9 heteroatoms. The average molecular weight is 488 g/mol. The van der Waals surface area contributed by atoms with Gasteiger partial charge in [0, 0.05) is 37.1 Å². The number of piperazine rings is 1. The van der Waals surface area contributed by atoms with Crippen LogP contribution in [0.1, 0.15) is 25.1 Å². The van der Waals surface area contributed by atoms with Crippen molar-refractivity contribution in [3.63, 3.8) is 0 Å². The van der Waals surface area contributed by atoms with Crippen molar-refractivity contribution in [1.82, 2.24) is 24.9 Å². The van der Waals surface area contributed by atoms with Crippen LogP contribution in [-0.4, -0.2) is 56.0 Å². The summed E-state index contributed by atoms with van der Waals surface area (Å²) in [7, 11) is 0. The highest BCUT2D eigenvalue weighted by Crippen LogP contribution is 2.36. The van der Waals surface area contributed by atoms with Crippen LogP contribution >= 0.6 is 11.6 Å². The van der Waals surface area contributed by atoms with Crippen molar-refractivity contribution in [2.24, 2.45) is 0 Å². The molecule has 0 radical (unpaired) electrons. The number of hydrogen-bond donors (Lipinski definition) is 2. The molecule has 35 heavy (non-hydrogen) atoms. The number of fused-ring (bicyclic) bond motifs is 1. The summed E-state index contributed by atoms with van der Waals surface area (Å²) >= 11 is 6.34. The van der Waals surface area contributed by atoms with E-state index in [1.54, 1.807) is 10.6 Å². The Morgan fingerprint density at radius 2 is 2.00 bits per heavy atom. The minimum Gasteiger partial charge on any atom is -0.389 e. The van der Waals surface area contributed by atoms with Crippen molar-refractivity contribution in [2.45, 2.75) is 32.4 Å². The Bertz CT molecular complexity index is 1430. The molecule has 5 rings (SSSR count). The first-order valence-corrected chi connectivity index (χ1v) is 11.9. The SMILES string of the molecule is Cc1cc(-c2c(-c3cccc(C#N)c3)nn3ccc(N4CCN[C@H](C(C)(C)O)C4)nc23)cc(Cl)n1. The van der Waals surface area contributed by atoms with Gasteiger partial charge in [0.2, 0.25) is 0 Å². The van der Waals surface area contributed by atoms with Crippen LogP contribution in [0.2, 0.25) is 5.15 Å². The van der Waals surface area contributed by atoms with Crippen LogP contribution in [0.3, 0.4) is 0 Å². The molecule has 0 unspecified atom stereocenters. The number of nitriles is 1. The number of aryl methyl sites for hydroxylation is 1. The van der Waals surface area contributed by atoms with E-state index in [1.807, 2.05) is 63.4 Å². The van der Waals surface area contributed by atoms with Gasteiger partial charge in [-0.25, -0.2) is 14.5 Å². The molecule has 0 saturated carbocycles. The number of nitrogens with one attached hydrogen (secondary N) is 1. The number of anilines is 1. The summed E-state index contributed by atoms with van der Waals surface area (Å²) in [5.41, 5.74) is 4.38. The molecule has 1 aliphatic rings. The molecular formula is C26H26ClN7O. The lowest BCUT2D eigenvalue weighted by Crippen LogP contribution is -2.59. The van der Waals surface area contributed by atoms with E-state index in [0.717, 1.165) is 41.3 Å². The first kappa shape index (κ1) is 23.2. The zero-order valence-electron chi connectivity index (χ0n) is 19.8. The summed E-state index contributed by atoms with van der Waals surface area (Å²) in [6.45, 7) is 7.68. The fraction of sp³-hybridized carbons (Fsp3) is 0.308. The Hall–Kier alpha value is -3.51. The second kappa shape index (κ2) is 8.93.